The lowest BCUT2D eigenvalue weighted by Crippen LogP contribution is -2.43. The highest BCUT2D eigenvalue weighted by molar-refractivity contribution is 8.22. The molecule has 0 aromatic heterocycles. The Morgan fingerprint density at radius 2 is 1.88 bits per heavy atom. The molecule has 34 heavy (non-hydrogen) atoms. The van der Waals surface area contributed by atoms with Crippen LogP contribution in [-0.4, -0.2) is 41.5 Å². The molecule has 10 heteroatoms. The molecule has 0 amide bonds. The van der Waals surface area contributed by atoms with Gasteiger partial charge >= 0.3 is 0 Å². The van der Waals surface area contributed by atoms with Crippen molar-refractivity contribution in [2.45, 2.75) is 64.0 Å². The monoisotopic (exact) mass is 520 g/mol. The Bertz CT molecular complexity index is 838. The Balaban J connectivity index is 1.97. The van der Waals surface area contributed by atoms with Gasteiger partial charge in [-0.15, -0.1) is 11.8 Å². The van der Waals surface area contributed by atoms with Gasteiger partial charge in [0.25, 0.3) is 0 Å². The molecule has 1 aliphatic carbocycles. The van der Waals surface area contributed by atoms with E-state index in [-0.39, 0.29) is 24.1 Å². The number of aldehydes is 1. The van der Waals surface area contributed by atoms with Crippen molar-refractivity contribution in [3.05, 3.63) is 57.6 Å². The molecule has 0 heterocycles. The predicted molar refractivity (Wildman–Crippen MR) is 131 cm³/mol. The third kappa shape index (κ3) is 8.53. The average Bonchev–Trinajstić information content (AvgIpc) is 2.82. The first-order chi connectivity index (χ1) is 16.3. The van der Waals surface area contributed by atoms with Crippen molar-refractivity contribution in [1.82, 2.24) is 10.2 Å². The highest BCUT2D eigenvalue weighted by Gasteiger charge is 2.24. The summed E-state index contributed by atoms with van der Waals surface area (Å²) in [6, 6.07) is 0.435. The van der Waals surface area contributed by atoms with Crippen LogP contribution in [0.3, 0.4) is 0 Å². The number of allylic oxidation sites excluding steroid dienone is 1. The molecule has 0 radical (unpaired) electrons. The van der Waals surface area contributed by atoms with Gasteiger partial charge in [-0.25, -0.2) is 17.6 Å². The van der Waals surface area contributed by atoms with Crippen LogP contribution in [0.2, 0.25) is 0 Å². The fourth-order valence-corrected chi connectivity index (χ4v) is 5.83. The van der Waals surface area contributed by atoms with Crippen molar-refractivity contribution in [2.75, 3.05) is 18.9 Å². The second kappa shape index (κ2) is 14.7. The zero-order chi connectivity index (χ0) is 25.1. The van der Waals surface area contributed by atoms with Gasteiger partial charge < -0.3 is 19.7 Å². The molecular formula is C24H32F4N2O2S2. The zero-order valence-electron chi connectivity index (χ0n) is 19.5. The van der Waals surface area contributed by atoms with E-state index in [4.69, 9.17) is 4.74 Å². The van der Waals surface area contributed by atoms with Crippen LogP contribution >= 0.6 is 23.5 Å². The number of carbonyl (C=O) groups excluding carboxylic acids is 1. The molecule has 1 aliphatic rings. The molecule has 0 spiro atoms. The van der Waals surface area contributed by atoms with Crippen LogP contribution in [0.15, 0.2) is 28.8 Å². The molecule has 1 saturated carbocycles. The summed E-state index contributed by atoms with van der Waals surface area (Å²) < 4.78 is 61.0. The van der Waals surface area contributed by atoms with Crippen molar-refractivity contribution in [1.29, 1.82) is 0 Å². The topological polar surface area (TPSA) is 41.6 Å². The van der Waals surface area contributed by atoms with E-state index in [0.717, 1.165) is 36.2 Å². The second-order valence-corrected chi connectivity index (χ2v) is 10.6. The number of ether oxygens (including phenoxy) is 1. The Hall–Kier alpha value is -1.65. The zero-order valence-corrected chi connectivity index (χ0v) is 21.2. The van der Waals surface area contributed by atoms with Gasteiger partial charge in [0.15, 0.2) is 23.3 Å². The summed E-state index contributed by atoms with van der Waals surface area (Å²) in [5.41, 5.74) is -0.754. The minimum atomic E-state index is -1.45. The highest BCUT2D eigenvalue weighted by atomic mass is 32.2. The number of carbonyl (C=O) groups is 1. The molecular weight excluding hydrogens is 488 g/mol. The second-order valence-electron chi connectivity index (χ2n) is 7.92. The molecule has 0 aliphatic heterocycles. The van der Waals surface area contributed by atoms with Crippen LogP contribution < -0.4 is 5.32 Å². The Morgan fingerprint density at radius 3 is 2.47 bits per heavy atom. The lowest BCUT2D eigenvalue weighted by atomic mass is 9.94. The van der Waals surface area contributed by atoms with E-state index in [9.17, 15) is 22.4 Å². The quantitative estimate of drug-likeness (QED) is 0.102. The lowest BCUT2D eigenvalue weighted by molar-refractivity contribution is -0.105. The van der Waals surface area contributed by atoms with Gasteiger partial charge in [-0.3, -0.25) is 0 Å². The Morgan fingerprint density at radius 1 is 1.24 bits per heavy atom. The number of thioether (sulfide) groups is 2. The highest BCUT2D eigenvalue weighted by Crippen LogP contribution is 2.31. The third-order valence-corrected chi connectivity index (χ3v) is 7.88. The number of nitrogens with zero attached hydrogens (tertiary/aromatic N) is 1. The molecule has 1 unspecified atom stereocenters. The van der Waals surface area contributed by atoms with Gasteiger partial charge in [0, 0.05) is 22.9 Å². The maximum atomic E-state index is 13.9. The SMILES string of the molecule is C=C(NC(C)S/C(=C\C)SCC=O)N(CCOCc1c(F)c(F)cc(F)c1F)C1CCCCC1. The van der Waals surface area contributed by atoms with E-state index < -0.39 is 35.4 Å². The van der Waals surface area contributed by atoms with Gasteiger partial charge in [0.2, 0.25) is 0 Å². The Labute approximate surface area is 207 Å². The fourth-order valence-electron chi connectivity index (χ4n) is 3.84. The molecule has 0 bridgehead atoms. The molecule has 1 aromatic carbocycles. The van der Waals surface area contributed by atoms with Gasteiger partial charge in [0.1, 0.15) is 6.29 Å². The summed E-state index contributed by atoms with van der Waals surface area (Å²) in [4.78, 5) is 12.8. The van der Waals surface area contributed by atoms with Crippen molar-refractivity contribution in [2.24, 2.45) is 0 Å². The minimum Gasteiger partial charge on any atom is -0.375 e. The summed E-state index contributed by atoms with van der Waals surface area (Å²) in [5.74, 6) is -4.67. The minimum absolute atomic E-state index is 0.0108. The van der Waals surface area contributed by atoms with E-state index in [0.29, 0.717) is 18.1 Å². The summed E-state index contributed by atoms with van der Waals surface area (Å²) in [5, 5.41) is 3.38. The van der Waals surface area contributed by atoms with Crippen LogP contribution in [0.1, 0.15) is 51.5 Å². The van der Waals surface area contributed by atoms with E-state index in [1.165, 1.54) is 18.2 Å². The maximum Gasteiger partial charge on any atom is 0.167 e. The summed E-state index contributed by atoms with van der Waals surface area (Å²) in [7, 11) is 0. The molecule has 2 rings (SSSR count). The summed E-state index contributed by atoms with van der Waals surface area (Å²) in [6.45, 7) is 8.06. The number of hydrogen-bond donors (Lipinski definition) is 1. The summed E-state index contributed by atoms with van der Waals surface area (Å²) in [6.07, 6.45) is 8.20. The van der Waals surface area contributed by atoms with Crippen molar-refractivity contribution < 1.29 is 27.1 Å². The van der Waals surface area contributed by atoms with E-state index in [1.54, 1.807) is 11.8 Å². The lowest BCUT2D eigenvalue weighted by Gasteiger charge is -2.38. The van der Waals surface area contributed by atoms with Gasteiger partial charge in [-0.2, -0.15) is 0 Å². The van der Waals surface area contributed by atoms with Crippen LogP contribution in [-0.2, 0) is 16.1 Å². The standard InChI is InChI=1S/C24H32F4N2O2S2/c1-4-22(33-13-11-31)34-17(3)29-16(2)30(18-8-6-5-7-9-18)10-12-32-15-19-23(27)20(25)14-21(26)24(19)28/h4,11,14,17-18,29H,2,5-10,12-13,15H2,1,3H3/b22-4-. The number of nitrogens with one attached hydrogen (secondary N) is 1. The third-order valence-electron chi connectivity index (χ3n) is 5.48. The molecule has 1 aromatic rings. The van der Waals surface area contributed by atoms with Gasteiger partial charge in [0.05, 0.1) is 35.7 Å². The van der Waals surface area contributed by atoms with Crippen molar-refractivity contribution in [3.63, 3.8) is 0 Å². The van der Waals surface area contributed by atoms with Gasteiger partial charge in [-0.1, -0.05) is 43.7 Å². The number of benzene rings is 1. The molecule has 1 fully saturated rings. The first-order valence-corrected chi connectivity index (χ1v) is 13.2. The normalized spacial score (nSPS) is 15.8. The molecule has 1 atom stereocenters. The largest absolute Gasteiger partial charge is 0.375 e. The first kappa shape index (κ1) is 28.6. The van der Waals surface area contributed by atoms with E-state index in [2.05, 4.69) is 16.8 Å². The van der Waals surface area contributed by atoms with Gasteiger partial charge in [-0.05, 0) is 26.7 Å². The first-order valence-electron chi connectivity index (χ1n) is 11.3. The summed E-state index contributed by atoms with van der Waals surface area (Å²) >= 11 is 3.06. The number of hydrogen-bond acceptors (Lipinski definition) is 6. The van der Waals surface area contributed by atoms with E-state index in [1.807, 2.05) is 19.9 Å². The van der Waals surface area contributed by atoms with Crippen LogP contribution in [0, 0.1) is 23.3 Å². The van der Waals surface area contributed by atoms with Crippen molar-refractivity contribution >= 4 is 29.8 Å². The van der Waals surface area contributed by atoms with Crippen LogP contribution in [0.25, 0.3) is 0 Å². The fraction of sp³-hybridized carbons (Fsp3) is 0.542. The molecule has 190 valence electrons. The molecule has 0 saturated heterocycles. The average molecular weight is 521 g/mol. The maximum absolute atomic E-state index is 13.9. The predicted octanol–water partition coefficient (Wildman–Crippen LogP) is 6.33. The van der Waals surface area contributed by atoms with E-state index >= 15 is 0 Å². The molecule has 1 N–H and O–H groups in total. The number of rotatable bonds is 14. The number of halogens is 4. The van der Waals surface area contributed by atoms with Crippen LogP contribution in [0.4, 0.5) is 17.6 Å². The Kier molecular flexibility index (Phi) is 12.3. The smallest absolute Gasteiger partial charge is 0.167 e. The van der Waals surface area contributed by atoms with Crippen molar-refractivity contribution in [3.8, 4) is 0 Å². The van der Waals surface area contributed by atoms with Crippen LogP contribution in [0.5, 0.6) is 0 Å². The molecule has 4 nitrogen and oxygen atoms in total.